The molecule has 0 unspecified atom stereocenters. The maximum atomic E-state index is 2.13. The molecule has 0 spiro atoms. The summed E-state index contributed by atoms with van der Waals surface area (Å²) in [6.45, 7) is 2.13. The predicted molar refractivity (Wildman–Crippen MR) is 38.9 cm³/mol. The summed E-state index contributed by atoms with van der Waals surface area (Å²) in [6.07, 6.45) is 0. The fourth-order valence-electron chi connectivity index (χ4n) is 0.577. The Morgan fingerprint density at radius 1 is 1.12 bits per heavy atom. The largest absolute Gasteiger partial charge is 0.510 e. The van der Waals surface area contributed by atoms with Gasteiger partial charge in [-0.3, -0.25) is 0 Å². The molecule has 0 amide bonds. The van der Waals surface area contributed by atoms with E-state index in [1.54, 1.807) is 0 Å². The van der Waals surface area contributed by atoms with Crippen molar-refractivity contribution in [3.8, 4) is 0 Å². The Morgan fingerprint density at radius 2 is 1.75 bits per heavy atom. The maximum Gasteiger partial charge on any atom is -0.0624 e. The summed E-state index contributed by atoms with van der Waals surface area (Å²) in [7, 11) is 1.35. The van der Waals surface area contributed by atoms with Crippen molar-refractivity contribution in [2.24, 2.45) is 0 Å². The van der Waals surface area contributed by atoms with Crippen molar-refractivity contribution < 1.29 is 0 Å². The van der Waals surface area contributed by atoms with E-state index < -0.39 is 0 Å². The van der Waals surface area contributed by atoms with E-state index in [-0.39, 0.29) is 0 Å². The summed E-state index contributed by atoms with van der Waals surface area (Å²) >= 11 is 0. The van der Waals surface area contributed by atoms with E-state index in [0.717, 1.165) is 0 Å². The highest BCUT2D eigenvalue weighted by Crippen LogP contribution is 2.00. The molecule has 8 heavy (non-hydrogen) atoms. The highest BCUT2D eigenvalue weighted by atomic mass is 31.1. The molecule has 0 saturated heterocycles. The van der Waals surface area contributed by atoms with Gasteiger partial charge in [-0.2, -0.15) is 6.66 Å². The third-order valence-corrected chi connectivity index (χ3v) is 1.83. The first kappa shape index (κ1) is 5.78. The van der Waals surface area contributed by atoms with E-state index in [0.29, 0.717) is 0 Å². The SMILES string of the molecule is C[P-]c1ccccc1. The van der Waals surface area contributed by atoms with Crippen molar-refractivity contribution in [2.75, 3.05) is 6.66 Å². The van der Waals surface area contributed by atoms with Crippen LogP contribution in [0.1, 0.15) is 0 Å². The van der Waals surface area contributed by atoms with Crippen molar-refractivity contribution >= 4 is 13.9 Å². The Kier molecular flexibility index (Phi) is 2.05. The molecule has 0 fully saturated rings. The molecule has 0 atom stereocenters. The van der Waals surface area contributed by atoms with Gasteiger partial charge in [0.25, 0.3) is 0 Å². The second-order valence-electron chi connectivity index (χ2n) is 1.56. The Morgan fingerprint density at radius 3 is 2.12 bits per heavy atom. The van der Waals surface area contributed by atoms with E-state index in [2.05, 4.69) is 30.9 Å². The average molecular weight is 123 g/mol. The minimum absolute atomic E-state index is 1.35. The zero-order valence-corrected chi connectivity index (χ0v) is 5.73. The first-order chi connectivity index (χ1) is 3.93. The molecular formula is C7H8P-. The lowest BCUT2D eigenvalue weighted by Gasteiger charge is -2.07. The molecule has 0 aliphatic rings. The van der Waals surface area contributed by atoms with Crippen LogP contribution in [0.4, 0.5) is 0 Å². The van der Waals surface area contributed by atoms with Crippen molar-refractivity contribution in [3.63, 3.8) is 0 Å². The van der Waals surface area contributed by atoms with E-state index >= 15 is 0 Å². The maximum absolute atomic E-state index is 2.13. The molecule has 0 radical (unpaired) electrons. The summed E-state index contributed by atoms with van der Waals surface area (Å²) in [4.78, 5) is 0. The molecule has 1 aromatic carbocycles. The van der Waals surface area contributed by atoms with Gasteiger partial charge in [0.05, 0.1) is 0 Å². The fourth-order valence-corrected chi connectivity index (χ4v) is 1.05. The van der Waals surface area contributed by atoms with Crippen LogP contribution in [0, 0.1) is 0 Å². The molecule has 1 rings (SSSR count). The molecule has 1 aromatic rings. The highest BCUT2D eigenvalue weighted by Gasteiger charge is 1.67. The first-order valence-corrected chi connectivity index (χ1v) is 3.92. The Labute approximate surface area is 51.7 Å². The first-order valence-electron chi connectivity index (χ1n) is 2.58. The van der Waals surface area contributed by atoms with E-state index in [1.165, 1.54) is 13.9 Å². The summed E-state index contributed by atoms with van der Waals surface area (Å²) in [5.74, 6) is 0. The van der Waals surface area contributed by atoms with Crippen LogP contribution in [0.15, 0.2) is 30.3 Å². The molecule has 0 aliphatic carbocycles. The summed E-state index contributed by atoms with van der Waals surface area (Å²) in [6, 6.07) is 10.4. The zero-order valence-electron chi connectivity index (χ0n) is 4.83. The van der Waals surface area contributed by atoms with Gasteiger partial charge in [0.2, 0.25) is 0 Å². The monoisotopic (exact) mass is 123 g/mol. The van der Waals surface area contributed by atoms with Crippen LogP contribution in [-0.2, 0) is 0 Å². The lowest BCUT2D eigenvalue weighted by atomic mass is 10.4. The zero-order chi connectivity index (χ0) is 5.82. The van der Waals surface area contributed by atoms with E-state index in [4.69, 9.17) is 0 Å². The summed E-state index contributed by atoms with van der Waals surface area (Å²) in [5.41, 5.74) is 0. The van der Waals surface area contributed by atoms with Crippen LogP contribution in [-0.4, -0.2) is 6.66 Å². The van der Waals surface area contributed by atoms with E-state index in [1.807, 2.05) is 6.07 Å². The Bertz CT molecular complexity index is 146. The molecular weight excluding hydrogens is 115 g/mol. The standard InChI is InChI=1S/C7H8P/c1-8-7-5-3-2-4-6-7/h2-6H,1H3/q-1. The predicted octanol–water partition coefficient (Wildman–Crippen LogP) is 1.89. The minimum Gasteiger partial charge on any atom is -0.510 e. The molecule has 1 heteroatoms. The van der Waals surface area contributed by atoms with Gasteiger partial charge in [0.1, 0.15) is 0 Å². The highest BCUT2D eigenvalue weighted by molar-refractivity contribution is 7.46. The summed E-state index contributed by atoms with van der Waals surface area (Å²) in [5, 5.41) is 1.38. The number of hydrogen-bond acceptors (Lipinski definition) is 0. The molecule has 0 aliphatic heterocycles. The normalized spacial score (nSPS) is 10.6. The molecule has 0 N–H and O–H groups in total. The van der Waals surface area contributed by atoms with Gasteiger partial charge in [0.15, 0.2) is 0 Å². The summed E-state index contributed by atoms with van der Waals surface area (Å²) < 4.78 is 0. The lowest BCUT2D eigenvalue weighted by molar-refractivity contribution is 1.78. The van der Waals surface area contributed by atoms with Gasteiger partial charge >= 0.3 is 0 Å². The van der Waals surface area contributed by atoms with Crippen molar-refractivity contribution in [3.05, 3.63) is 30.3 Å². The van der Waals surface area contributed by atoms with Crippen molar-refractivity contribution in [2.45, 2.75) is 0 Å². The van der Waals surface area contributed by atoms with Crippen LogP contribution < -0.4 is 5.30 Å². The molecule has 0 bridgehead atoms. The third kappa shape index (κ3) is 1.31. The molecule has 0 aromatic heterocycles. The van der Waals surface area contributed by atoms with Gasteiger partial charge in [-0.25, -0.2) is 5.30 Å². The van der Waals surface area contributed by atoms with Crippen LogP contribution in [0.3, 0.4) is 0 Å². The lowest BCUT2D eigenvalue weighted by Crippen LogP contribution is -1.87. The van der Waals surface area contributed by atoms with Crippen molar-refractivity contribution in [1.29, 1.82) is 0 Å². The minimum atomic E-state index is 1.35. The fraction of sp³-hybridized carbons (Fsp3) is 0.143. The smallest absolute Gasteiger partial charge is 0.0624 e. The molecule has 0 heterocycles. The number of benzene rings is 1. The Balaban J connectivity index is 2.83. The number of hydrogen-bond donors (Lipinski definition) is 0. The topological polar surface area (TPSA) is 0 Å². The Hall–Kier alpha value is -0.350. The third-order valence-electron chi connectivity index (χ3n) is 1.01. The van der Waals surface area contributed by atoms with Crippen LogP contribution in [0.2, 0.25) is 0 Å². The molecule has 0 nitrogen and oxygen atoms in total. The van der Waals surface area contributed by atoms with Gasteiger partial charge in [-0.15, -0.1) is 0 Å². The van der Waals surface area contributed by atoms with E-state index in [9.17, 15) is 0 Å². The van der Waals surface area contributed by atoms with Gasteiger partial charge in [-0.05, 0) is 0 Å². The van der Waals surface area contributed by atoms with Crippen LogP contribution in [0.5, 0.6) is 0 Å². The van der Waals surface area contributed by atoms with Gasteiger partial charge in [-0.1, -0.05) is 30.3 Å². The quantitative estimate of drug-likeness (QED) is 0.500. The van der Waals surface area contributed by atoms with Gasteiger partial charge < -0.3 is 8.58 Å². The molecule has 42 valence electrons. The second kappa shape index (κ2) is 2.84. The van der Waals surface area contributed by atoms with Crippen LogP contribution in [0.25, 0.3) is 0 Å². The number of rotatable bonds is 1. The van der Waals surface area contributed by atoms with Gasteiger partial charge in [0, 0.05) is 0 Å². The molecule has 0 saturated carbocycles. The average Bonchev–Trinajstić information content (AvgIpc) is 1.90. The van der Waals surface area contributed by atoms with Crippen molar-refractivity contribution in [1.82, 2.24) is 0 Å². The second-order valence-corrected chi connectivity index (χ2v) is 2.52. The van der Waals surface area contributed by atoms with Crippen LogP contribution >= 0.6 is 8.58 Å².